The molecule has 2 atom stereocenters. The number of esters is 1. The topological polar surface area (TPSA) is 68.3 Å². The Balaban J connectivity index is 1.69. The molecule has 1 amide bonds. The zero-order chi connectivity index (χ0) is 28.8. The molecular weight excluding hydrogens is 602 g/mol. The summed E-state index contributed by atoms with van der Waals surface area (Å²) in [7, 11) is 0. The summed E-state index contributed by atoms with van der Waals surface area (Å²) in [5.74, 6) is -2.81. The van der Waals surface area contributed by atoms with Gasteiger partial charge in [0.25, 0.3) is 5.91 Å². The SMILES string of the molecule is CCCC(F)OC(=O)CC(CNC(=O)c1c(C)c(-c2ccccc2)nc2ccc(Br)cc12)c1c(F)cccc1Cl. The van der Waals surface area contributed by atoms with Gasteiger partial charge in [-0.05, 0) is 49.2 Å². The van der Waals surface area contributed by atoms with Gasteiger partial charge in [0.05, 0.1) is 23.2 Å². The van der Waals surface area contributed by atoms with Crippen LogP contribution in [0, 0.1) is 12.7 Å². The van der Waals surface area contributed by atoms with Gasteiger partial charge in [0.15, 0.2) is 0 Å². The highest BCUT2D eigenvalue weighted by molar-refractivity contribution is 9.10. The molecule has 5 nitrogen and oxygen atoms in total. The Bertz CT molecular complexity index is 1510. The largest absolute Gasteiger partial charge is 0.431 e. The zero-order valence-corrected chi connectivity index (χ0v) is 24.4. The summed E-state index contributed by atoms with van der Waals surface area (Å²) in [6.07, 6.45) is -1.58. The molecule has 4 rings (SSSR count). The van der Waals surface area contributed by atoms with Gasteiger partial charge in [-0.2, -0.15) is 0 Å². The molecule has 0 aliphatic carbocycles. The van der Waals surface area contributed by atoms with Crippen LogP contribution in [0.25, 0.3) is 22.2 Å². The minimum atomic E-state index is -1.76. The first-order valence-electron chi connectivity index (χ1n) is 12.9. The van der Waals surface area contributed by atoms with Gasteiger partial charge in [0.2, 0.25) is 6.36 Å². The van der Waals surface area contributed by atoms with Crippen molar-refractivity contribution in [1.29, 1.82) is 0 Å². The van der Waals surface area contributed by atoms with E-state index in [1.54, 1.807) is 6.92 Å². The van der Waals surface area contributed by atoms with Gasteiger partial charge in [-0.15, -0.1) is 0 Å². The lowest BCUT2D eigenvalue weighted by Gasteiger charge is -2.21. The lowest BCUT2D eigenvalue weighted by molar-refractivity contribution is -0.158. The van der Waals surface area contributed by atoms with Crippen LogP contribution in [0.4, 0.5) is 8.78 Å². The number of pyridine rings is 1. The van der Waals surface area contributed by atoms with E-state index in [9.17, 15) is 18.4 Å². The van der Waals surface area contributed by atoms with E-state index >= 15 is 0 Å². The summed E-state index contributed by atoms with van der Waals surface area (Å²) in [4.78, 5) is 31.1. The van der Waals surface area contributed by atoms with E-state index in [0.717, 1.165) is 10.0 Å². The van der Waals surface area contributed by atoms with Crippen LogP contribution in [-0.4, -0.2) is 29.8 Å². The van der Waals surface area contributed by atoms with Gasteiger partial charge in [-0.25, -0.2) is 13.8 Å². The average Bonchev–Trinajstić information content (AvgIpc) is 2.91. The molecule has 1 N–H and O–H groups in total. The Morgan fingerprint density at radius 1 is 1.10 bits per heavy atom. The van der Waals surface area contributed by atoms with Crippen LogP contribution in [-0.2, 0) is 9.53 Å². The summed E-state index contributed by atoms with van der Waals surface area (Å²) in [5.41, 5.74) is 3.25. The zero-order valence-electron chi connectivity index (χ0n) is 22.0. The lowest BCUT2D eigenvalue weighted by atomic mass is 9.94. The van der Waals surface area contributed by atoms with E-state index in [1.165, 1.54) is 18.2 Å². The predicted molar refractivity (Wildman–Crippen MR) is 157 cm³/mol. The fourth-order valence-corrected chi connectivity index (χ4v) is 5.34. The second kappa shape index (κ2) is 13.3. The molecule has 0 aliphatic heterocycles. The molecule has 0 fully saturated rings. The van der Waals surface area contributed by atoms with Crippen LogP contribution in [0.1, 0.15) is 53.6 Å². The van der Waals surface area contributed by atoms with Crippen molar-refractivity contribution in [2.24, 2.45) is 0 Å². The van der Waals surface area contributed by atoms with E-state index in [1.807, 2.05) is 55.5 Å². The van der Waals surface area contributed by atoms with Gasteiger partial charge in [-0.1, -0.05) is 70.9 Å². The Labute approximate surface area is 245 Å². The van der Waals surface area contributed by atoms with Gasteiger partial charge in [0, 0.05) is 44.9 Å². The third kappa shape index (κ3) is 6.85. The second-order valence-corrected chi connectivity index (χ2v) is 10.7. The van der Waals surface area contributed by atoms with Crippen LogP contribution in [0.5, 0.6) is 0 Å². The summed E-state index contributed by atoms with van der Waals surface area (Å²) < 4.78 is 34.5. The quantitative estimate of drug-likeness (QED) is 0.179. The third-order valence-electron chi connectivity index (χ3n) is 6.57. The number of carbonyl (C=O) groups is 2. The van der Waals surface area contributed by atoms with Gasteiger partial charge in [-0.3, -0.25) is 9.59 Å². The number of hydrogen-bond donors (Lipinski definition) is 1. The molecule has 0 radical (unpaired) electrons. The van der Waals surface area contributed by atoms with E-state index in [4.69, 9.17) is 21.3 Å². The molecule has 0 spiro atoms. The summed E-state index contributed by atoms with van der Waals surface area (Å²) in [5, 5.41) is 3.58. The highest BCUT2D eigenvalue weighted by Gasteiger charge is 2.26. The number of aromatic nitrogens is 1. The number of halogens is 4. The monoisotopic (exact) mass is 628 g/mol. The molecule has 0 saturated heterocycles. The molecular formula is C31H28BrClF2N2O3. The number of fused-ring (bicyclic) bond motifs is 1. The summed E-state index contributed by atoms with van der Waals surface area (Å²) in [6.45, 7) is 3.45. The molecule has 4 aromatic rings. The number of amides is 1. The lowest BCUT2D eigenvalue weighted by Crippen LogP contribution is -2.31. The summed E-state index contributed by atoms with van der Waals surface area (Å²) >= 11 is 9.78. The molecule has 208 valence electrons. The van der Waals surface area contributed by atoms with Gasteiger partial charge < -0.3 is 10.1 Å². The maximum atomic E-state index is 14.9. The van der Waals surface area contributed by atoms with E-state index in [0.29, 0.717) is 34.1 Å². The van der Waals surface area contributed by atoms with Crippen LogP contribution >= 0.6 is 27.5 Å². The Morgan fingerprint density at radius 2 is 1.85 bits per heavy atom. The second-order valence-electron chi connectivity index (χ2n) is 9.42. The van der Waals surface area contributed by atoms with Gasteiger partial charge in [0.1, 0.15) is 5.82 Å². The Kier molecular flexibility index (Phi) is 9.87. The van der Waals surface area contributed by atoms with Gasteiger partial charge >= 0.3 is 5.97 Å². The molecule has 9 heteroatoms. The Morgan fingerprint density at radius 3 is 2.55 bits per heavy atom. The summed E-state index contributed by atoms with van der Waals surface area (Å²) in [6, 6.07) is 19.2. The van der Waals surface area contributed by atoms with Crippen molar-refractivity contribution in [3.63, 3.8) is 0 Å². The molecule has 3 aromatic carbocycles. The maximum Gasteiger partial charge on any atom is 0.309 e. The number of nitrogens with one attached hydrogen (secondary N) is 1. The molecule has 0 saturated carbocycles. The van der Waals surface area contributed by atoms with Crippen molar-refractivity contribution in [1.82, 2.24) is 10.3 Å². The van der Waals surface area contributed by atoms with E-state index in [2.05, 4.69) is 21.2 Å². The predicted octanol–water partition coefficient (Wildman–Crippen LogP) is 8.31. The van der Waals surface area contributed by atoms with Crippen molar-refractivity contribution in [3.05, 3.63) is 98.7 Å². The van der Waals surface area contributed by atoms with Crippen LogP contribution in [0.3, 0.4) is 0 Å². The third-order valence-corrected chi connectivity index (χ3v) is 7.39. The fraction of sp³-hybridized carbons (Fsp3) is 0.258. The Hall–Kier alpha value is -3.36. The maximum absolute atomic E-state index is 14.9. The number of carbonyl (C=O) groups excluding carboxylic acids is 2. The molecule has 40 heavy (non-hydrogen) atoms. The van der Waals surface area contributed by atoms with Crippen LogP contribution in [0.2, 0.25) is 5.02 Å². The van der Waals surface area contributed by atoms with Crippen molar-refractivity contribution in [3.8, 4) is 11.3 Å². The fourth-order valence-electron chi connectivity index (χ4n) is 4.66. The molecule has 2 unspecified atom stereocenters. The normalized spacial score (nSPS) is 12.7. The number of benzene rings is 3. The smallest absolute Gasteiger partial charge is 0.309 e. The molecule has 0 bridgehead atoms. The van der Waals surface area contributed by atoms with Crippen molar-refractivity contribution < 1.29 is 23.1 Å². The standard InChI is InChI=1S/C31H28BrClF2N2O3/c1-3-8-26(35)40-27(38)15-20(29-23(33)11-7-12-24(29)34)17-36-31(39)28-18(2)30(19-9-5-4-6-10-19)37-25-14-13-21(32)16-22(25)28/h4-7,9-14,16,20,26H,3,8,15,17H2,1-2H3,(H,36,39). The van der Waals surface area contributed by atoms with Crippen LogP contribution in [0.15, 0.2) is 71.2 Å². The first kappa shape index (κ1) is 29.6. The first-order valence-corrected chi connectivity index (χ1v) is 14.1. The van der Waals surface area contributed by atoms with Crippen LogP contribution < -0.4 is 5.32 Å². The van der Waals surface area contributed by atoms with E-state index < -0.39 is 30.0 Å². The first-order chi connectivity index (χ1) is 19.2. The highest BCUT2D eigenvalue weighted by atomic mass is 79.9. The van der Waals surface area contributed by atoms with Crippen molar-refractivity contribution >= 4 is 50.3 Å². The minimum absolute atomic E-state index is 0.0522. The number of rotatable bonds is 10. The van der Waals surface area contributed by atoms with E-state index in [-0.39, 0.29) is 30.0 Å². The minimum Gasteiger partial charge on any atom is -0.431 e. The molecule has 0 aliphatic rings. The van der Waals surface area contributed by atoms with Crippen molar-refractivity contribution in [2.45, 2.75) is 45.4 Å². The number of nitrogens with zero attached hydrogens (tertiary/aromatic N) is 1. The number of alkyl halides is 1. The number of ether oxygens (including phenoxy) is 1. The highest BCUT2D eigenvalue weighted by Crippen LogP contribution is 2.33. The number of hydrogen-bond acceptors (Lipinski definition) is 4. The van der Waals surface area contributed by atoms with Crippen molar-refractivity contribution in [2.75, 3.05) is 6.54 Å². The average molecular weight is 630 g/mol. The molecule has 1 aromatic heterocycles. The molecule has 1 heterocycles.